The third kappa shape index (κ3) is 6.28. The number of hydrogen-bond acceptors (Lipinski definition) is 9. The van der Waals surface area contributed by atoms with Crippen LogP contribution in [-0.2, 0) is 15.9 Å². The van der Waals surface area contributed by atoms with Crippen LogP contribution in [0.2, 0.25) is 0 Å². The van der Waals surface area contributed by atoms with Crippen molar-refractivity contribution >= 4 is 17.9 Å². The van der Waals surface area contributed by atoms with E-state index in [-0.39, 0.29) is 31.4 Å². The zero-order chi connectivity index (χ0) is 23.2. The first-order valence-corrected chi connectivity index (χ1v) is 11.5. The summed E-state index contributed by atoms with van der Waals surface area (Å²) in [6.45, 7) is 2.16. The molecular formula is C23H30FN5O4. The Hall–Kier alpha value is -3.01. The largest absolute Gasteiger partial charge is 0.508 e. The van der Waals surface area contributed by atoms with E-state index in [0.29, 0.717) is 30.3 Å². The summed E-state index contributed by atoms with van der Waals surface area (Å²) >= 11 is 0. The SMILES string of the molecule is CC[C@H](F)CNc1ncc(-c2cc(CC3COC(=O)O3)ccn2)c(N[C@H]2CC[C@H](O)CC2)n1. The summed E-state index contributed by atoms with van der Waals surface area (Å²) in [5.41, 5.74) is 2.35. The Morgan fingerprint density at radius 2 is 2.09 bits per heavy atom. The number of carbonyl (C=O) groups excluding carboxylic acids is 1. The van der Waals surface area contributed by atoms with Crippen LogP contribution < -0.4 is 10.6 Å². The number of aliphatic hydroxyl groups is 1. The number of rotatable bonds is 9. The molecule has 3 N–H and O–H groups in total. The molecule has 2 aliphatic rings. The van der Waals surface area contributed by atoms with Crippen molar-refractivity contribution in [2.45, 2.75) is 69.9 Å². The fourth-order valence-electron chi connectivity index (χ4n) is 4.00. The molecule has 3 heterocycles. The third-order valence-electron chi connectivity index (χ3n) is 5.96. The van der Waals surface area contributed by atoms with Gasteiger partial charge in [0.2, 0.25) is 5.95 Å². The fraction of sp³-hybridized carbons (Fsp3) is 0.565. The number of nitrogens with zero attached hydrogens (tertiary/aromatic N) is 3. The summed E-state index contributed by atoms with van der Waals surface area (Å²) in [6, 6.07) is 3.95. The Morgan fingerprint density at radius 3 is 2.82 bits per heavy atom. The number of nitrogens with one attached hydrogen (secondary N) is 2. The Bertz CT molecular complexity index is 954. The van der Waals surface area contributed by atoms with Gasteiger partial charge < -0.3 is 25.2 Å². The summed E-state index contributed by atoms with van der Waals surface area (Å²) in [6.07, 6.45) is 5.24. The lowest BCUT2D eigenvalue weighted by atomic mass is 9.93. The molecule has 9 nitrogen and oxygen atoms in total. The Labute approximate surface area is 192 Å². The zero-order valence-electron chi connectivity index (χ0n) is 18.7. The second-order valence-electron chi connectivity index (χ2n) is 8.55. The first-order chi connectivity index (χ1) is 16.0. The lowest BCUT2D eigenvalue weighted by Crippen LogP contribution is -2.29. The number of aliphatic hydroxyl groups excluding tert-OH is 1. The lowest BCUT2D eigenvalue weighted by Gasteiger charge is -2.27. The van der Waals surface area contributed by atoms with E-state index in [1.807, 2.05) is 12.1 Å². The molecule has 33 heavy (non-hydrogen) atoms. The molecule has 1 unspecified atom stereocenters. The zero-order valence-corrected chi connectivity index (χ0v) is 18.7. The van der Waals surface area contributed by atoms with E-state index < -0.39 is 12.3 Å². The van der Waals surface area contributed by atoms with E-state index in [1.165, 1.54) is 0 Å². The van der Waals surface area contributed by atoms with Crippen molar-refractivity contribution in [3.63, 3.8) is 0 Å². The van der Waals surface area contributed by atoms with E-state index in [4.69, 9.17) is 9.47 Å². The van der Waals surface area contributed by atoms with Gasteiger partial charge in [-0.3, -0.25) is 4.98 Å². The monoisotopic (exact) mass is 459 g/mol. The average Bonchev–Trinajstić information content (AvgIpc) is 3.23. The number of ether oxygens (including phenoxy) is 2. The summed E-state index contributed by atoms with van der Waals surface area (Å²) in [5, 5.41) is 16.3. The molecule has 10 heteroatoms. The van der Waals surface area contributed by atoms with Gasteiger partial charge in [0.15, 0.2) is 0 Å². The van der Waals surface area contributed by atoms with Gasteiger partial charge in [-0.05, 0) is 49.8 Å². The highest BCUT2D eigenvalue weighted by Gasteiger charge is 2.26. The van der Waals surface area contributed by atoms with Gasteiger partial charge in [-0.15, -0.1) is 0 Å². The number of aromatic nitrogens is 3. The molecule has 4 rings (SSSR count). The highest BCUT2D eigenvalue weighted by molar-refractivity contribution is 5.73. The molecule has 0 amide bonds. The van der Waals surface area contributed by atoms with E-state index in [1.54, 1.807) is 19.3 Å². The van der Waals surface area contributed by atoms with Crippen molar-refractivity contribution in [3.05, 3.63) is 30.1 Å². The summed E-state index contributed by atoms with van der Waals surface area (Å²) in [5.74, 6) is 0.959. The second-order valence-corrected chi connectivity index (χ2v) is 8.55. The van der Waals surface area contributed by atoms with Crippen molar-refractivity contribution in [2.75, 3.05) is 23.8 Å². The third-order valence-corrected chi connectivity index (χ3v) is 5.96. The molecule has 0 bridgehead atoms. The molecule has 178 valence electrons. The lowest BCUT2D eigenvalue weighted by molar-refractivity contribution is 0.118. The van der Waals surface area contributed by atoms with Crippen molar-refractivity contribution in [2.24, 2.45) is 0 Å². The number of halogens is 1. The predicted molar refractivity (Wildman–Crippen MR) is 121 cm³/mol. The molecule has 1 saturated carbocycles. The summed E-state index contributed by atoms with van der Waals surface area (Å²) in [7, 11) is 0. The minimum atomic E-state index is -0.975. The van der Waals surface area contributed by atoms with Crippen LogP contribution in [0.1, 0.15) is 44.6 Å². The van der Waals surface area contributed by atoms with Crippen LogP contribution in [0.5, 0.6) is 0 Å². The summed E-state index contributed by atoms with van der Waals surface area (Å²) in [4.78, 5) is 24.7. The quantitative estimate of drug-likeness (QED) is 0.484. The molecule has 0 spiro atoms. The molecule has 0 radical (unpaired) electrons. The molecule has 1 aliphatic carbocycles. The van der Waals surface area contributed by atoms with Crippen LogP contribution in [-0.4, -0.2) is 63.8 Å². The van der Waals surface area contributed by atoms with Gasteiger partial charge in [-0.2, -0.15) is 4.98 Å². The number of alkyl halides is 1. The highest BCUT2D eigenvalue weighted by Crippen LogP contribution is 2.29. The standard InChI is InChI=1S/C23H30FN5O4/c1-2-15(24)11-26-22-27-12-19(21(29-22)28-16-3-5-17(30)6-4-16)20-10-14(7-8-25-20)9-18-13-32-23(31)33-18/h7-8,10,12,15-18,30H,2-6,9,11,13H2,1H3,(H2,26,27,28,29)/t15-,16-,17-,18?/m0/s1. The van der Waals surface area contributed by atoms with Crippen LogP contribution in [0.25, 0.3) is 11.3 Å². The second kappa shape index (κ2) is 10.7. The first-order valence-electron chi connectivity index (χ1n) is 11.5. The van der Waals surface area contributed by atoms with E-state index in [0.717, 1.165) is 36.8 Å². The maximum Gasteiger partial charge on any atom is 0.508 e. The van der Waals surface area contributed by atoms with Crippen LogP contribution in [0.15, 0.2) is 24.5 Å². The molecule has 0 aromatic carbocycles. The topological polar surface area (TPSA) is 118 Å². The van der Waals surface area contributed by atoms with Crippen LogP contribution in [0.3, 0.4) is 0 Å². The highest BCUT2D eigenvalue weighted by atomic mass is 19.1. The molecule has 2 atom stereocenters. The Morgan fingerprint density at radius 1 is 1.27 bits per heavy atom. The molecule has 1 aliphatic heterocycles. The normalized spacial score (nSPS) is 23.5. The number of anilines is 2. The maximum absolute atomic E-state index is 13.7. The molecule has 2 fully saturated rings. The van der Waals surface area contributed by atoms with Gasteiger partial charge in [0.1, 0.15) is 24.7 Å². The Balaban J connectivity index is 1.56. The molecule has 1 saturated heterocycles. The van der Waals surface area contributed by atoms with Gasteiger partial charge in [-0.1, -0.05) is 6.92 Å². The predicted octanol–water partition coefficient (Wildman–Crippen LogP) is 3.49. The minimum absolute atomic E-state index is 0.140. The Kier molecular flexibility index (Phi) is 7.54. The number of cyclic esters (lactones) is 2. The van der Waals surface area contributed by atoms with E-state index in [9.17, 15) is 14.3 Å². The van der Waals surface area contributed by atoms with Crippen molar-refractivity contribution in [3.8, 4) is 11.3 Å². The molecule has 2 aromatic heterocycles. The maximum atomic E-state index is 13.7. The van der Waals surface area contributed by atoms with Gasteiger partial charge in [0.25, 0.3) is 0 Å². The number of pyridine rings is 1. The van der Waals surface area contributed by atoms with Gasteiger partial charge >= 0.3 is 6.16 Å². The smallest absolute Gasteiger partial charge is 0.430 e. The fourth-order valence-corrected chi connectivity index (χ4v) is 4.00. The number of hydrogen-bond donors (Lipinski definition) is 3. The van der Waals surface area contributed by atoms with Crippen molar-refractivity contribution < 1.29 is 23.8 Å². The first kappa shape index (κ1) is 23.2. The van der Waals surface area contributed by atoms with E-state index >= 15 is 0 Å². The van der Waals surface area contributed by atoms with Crippen molar-refractivity contribution in [1.29, 1.82) is 0 Å². The summed E-state index contributed by atoms with van der Waals surface area (Å²) < 4.78 is 23.7. The average molecular weight is 460 g/mol. The van der Waals surface area contributed by atoms with E-state index in [2.05, 4.69) is 25.6 Å². The van der Waals surface area contributed by atoms with Crippen LogP contribution in [0, 0.1) is 0 Å². The van der Waals surface area contributed by atoms with Gasteiger partial charge in [0, 0.05) is 31.4 Å². The number of carbonyl (C=O) groups is 1. The molecular weight excluding hydrogens is 429 g/mol. The molecule has 2 aromatic rings. The van der Waals surface area contributed by atoms with Crippen LogP contribution >= 0.6 is 0 Å². The van der Waals surface area contributed by atoms with Gasteiger partial charge in [0.05, 0.1) is 17.4 Å². The van der Waals surface area contributed by atoms with Crippen molar-refractivity contribution in [1.82, 2.24) is 15.0 Å². The van der Waals surface area contributed by atoms with Gasteiger partial charge in [-0.25, -0.2) is 14.2 Å². The van der Waals surface area contributed by atoms with Crippen LogP contribution in [0.4, 0.5) is 21.0 Å². The minimum Gasteiger partial charge on any atom is -0.430 e.